The molecule has 1 aliphatic heterocycles. The van der Waals surface area contributed by atoms with E-state index in [2.05, 4.69) is 5.92 Å². The molecule has 1 amide bonds. The molecular formula is C16H17NO3. The minimum Gasteiger partial charge on any atom is -0.482 e. The van der Waals surface area contributed by atoms with Gasteiger partial charge in [0, 0.05) is 24.9 Å². The Labute approximate surface area is 118 Å². The molecule has 0 bridgehead atoms. The average molecular weight is 271 g/mol. The Bertz CT molecular complexity index is 572. The van der Waals surface area contributed by atoms with E-state index >= 15 is 0 Å². The predicted molar refractivity (Wildman–Crippen MR) is 77.0 cm³/mol. The van der Waals surface area contributed by atoms with Gasteiger partial charge in [0.1, 0.15) is 5.75 Å². The van der Waals surface area contributed by atoms with Gasteiger partial charge in [0.15, 0.2) is 12.4 Å². The number of ketones is 1. The van der Waals surface area contributed by atoms with Crippen molar-refractivity contribution < 1.29 is 14.3 Å². The van der Waals surface area contributed by atoms with Crippen LogP contribution in [0, 0.1) is 12.3 Å². The summed E-state index contributed by atoms with van der Waals surface area (Å²) in [4.78, 5) is 25.6. The molecule has 0 aliphatic carbocycles. The normalized spacial score (nSPS) is 13.4. The standard InChI is InChI=1S/C16H17NO3/c1-3-5-6-14(18)12-7-8-15-13(10-12)17(9-4-2)16(19)11-20-15/h1,7-8,10H,4-6,9,11H2,2H3. The lowest BCUT2D eigenvalue weighted by atomic mass is 10.0. The summed E-state index contributed by atoms with van der Waals surface area (Å²) in [6, 6.07) is 5.19. The van der Waals surface area contributed by atoms with E-state index in [0.717, 1.165) is 6.42 Å². The molecule has 0 atom stereocenters. The number of Topliss-reactive ketones (excluding diaryl/α,β-unsaturated/α-hetero) is 1. The van der Waals surface area contributed by atoms with Gasteiger partial charge in [-0.15, -0.1) is 12.3 Å². The first-order valence-electron chi connectivity index (χ1n) is 6.71. The summed E-state index contributed by atoms with van der Waals surface area (Å²) in [7, 11) is 0. The Hall–Kier alpha value is -2.28. The third kappa shape index (κ3) is 2.83. The number of fused-ring (bicyclic) bond motifs is 1. The minimum absolute atomic E-state index is 0.0137. The van der Waals surface area contributed by atoms with Gasteiger partial charge < -0.3 is 9.64 Å². The molecule has 0 unspecified atom stereocenters. The SMILES string of the molecule is C#CCCC(=O)c1ccc2c(c1)N(CCC)C(=O)CO2. The van der Waals surface area contributed by atoms with Crippen molar-refractivity contribution in [3.05, 3.63) is 23.8 Å². The maximum Gasteiger partial charge on any atom is 0.265 e. The summed E-state index contributed by atoms with van der Waals surface area (Å²) < 4.78 is 5.39. The molecule has 4 nitrogen and oxygen atoms in total. The summed E-state index contributed by atoms with van der Waals surface area (Å²) in [5.41, 5.74) is 1.24. The summed E-state index contributed by atoms with van der Waals surface area (Å²) >= 11 is 0. The first-order valence-corrected chi connectivity index (χ1v) is 6.71. The van der Waals surface area contributed by atoms with E-state index in [1.165, 1.54) is 0 Å². The van der Waals surface area contributed by atoms with Crippen LogP contribution in [0.3, 0.4) is 0 Å². The van der Waals surface area contributed by atoms with Crippen LogP contribution >= 0.6 is 0 Å². The summed E-state index contributed by atoms with van der Waals surface area (Å²) in [6.45, 7) is 2.68. The number of hydrogen-bond donors (Lipinski definition) is 0. The molecule has 1 aromatic rings. The lowest BCUT2D eigenvalue weighted by Gasteiger charge is -2.29. The van der Waals surface area contributed by atoms with Crippen LogP contribution in [0.2, 0.25) is 0 Å². The van der Waals surface area contributed by atoms with E-state index < -0.39 is 0 Å². The third-order valence-electron chi connectivity index (χ3n) is 3.17. The topological polar surface area (TPSA) is 46.6 Å². The number of amides is 1. The van der Waals surface area contributed by atoms with Gasteiger partial charge in [-0.05, 0) is 24.6 Å². The van der Waals surface area contributed by atoms with Crippen molar-refractivity contribution in [1.82, 2.24) is 0 Å². The van der Waals surface area contributed by atoms with Gasteiger partial charge in [0.25, 0.3) is 5.91 Å². The van der Waals surface area contributed by atoms with E-state index in [9.17, 15) is 9.59 Å². The fraction of sp³-hybridized carbons (Fsp3) is 0.375. The van der Waals surface area contributed by atoms with Crippen molar-refractivity contribution in [3.63, 3.8) is 0 Å². The quantitative estimate of drug-likeness (QED) is 0.610. The van der Waals surface area contributed by atoms with Crippen molar-refractivity contribution in [2.45, 2.75) is 26.2 Å². The summed E-state index contributed by atoms with van der Waals surface area (Å²) in [5.74, 6) is 3.01. The number of rotatable bonds is 5. The van der Waals surface area contributed by atoms with Crippen LogP contribution in [-0.4, -0.2) is 24.8 Å². The summed E-state index contributed by atoms with van der Waals surface area (Å²) in [5, 5.41) is 0. The average Bonchev–Trinajstić information content (AvgIpc) is 2.47. The number of benzene rings is 1. The van der Waals surface area contributed by atoms with Gasteiger partial charge in [0.05, 0.1) is 5.69 Å². The fourth-order valence-corrected chi connectivity index (χ4v) is 2.17. The fourth-order valence-electron chi connectivity index (χ4n) is 2.17. The number of ether oxygens (including phenoxy) is 1. The molecule has 1 heterocycles. The Morgan fingerprint density at radius 2 is 2.30 bits per heavy atom. The molecule has 1 aliphatic rings. The first-order chi connectivity index (χ1) is 9.67. The Morgan fingerprint density at radius 3 is 3.00 bits per heavy atom. The number of hydrogen-bond acceptors (Lipinski definition) is 3. The monoisotopic (exact) mass is 271 g/mol. The first kappa shape index (κ1) is 14.1. The lowest BCUT2D eigenvalue weighted by molar-refractivity contribution is -0.121. The van der Waals surface area contributed by atoms with Crippen molar-refractivity contribution in [2.75, 3.05) is 18.1 Å². The molecule has 0 spiro atoms. The van der Waals surface area contributed by atoms with Crippen LogP contribution in [-0.2, 0) is 4.79 Å². The van der Waals surface area contributed by atoms with Gasteiger partial charge in [-0.1, -0.05) is 6.92 Å². The van der Waals surface area contributed by atoms with E-state index in [1.54, 1.807) is 23.1 Å². The second-order valence-corrected chi connectivity index (χ2v) is 4.64. The van der Waals surface area contributed by atoms with E-state index in [1.807, 2.05) is 6.92 Å². The van der Waals surface area contributed by atoms with E-state index in [0.29, 0.717) is 36.4 Å². The zero-order valence-corrected chi connectivity index (χ0v) is 11.5. The molecule has 0 aromatic heterocycles. The highest BCUT2D eigenvalue weighted by atomic mass is 16.5. The van der Waals surface area contributed by atoms with Gasteiger partial charge in [-0.2, -0.15) is 0 Å². The molecule has 4 heteroatoms. The van der Waals surface area contributed by atoms with Crippen LogP contribution < -0.4 is 9.64 Å². The van der Waals surface area contributed by atoms with Gasteiger partial charge >= 0.3 is 0 Å². The molecule has 0 fully saturated rings. The highest BCUT2D eigenvalue weighted by Gasteiger charge is 2.25. The number of nitrogens with zero attached hydrogens (tertiary/aromatic N) is 1. The number of terminal acetylenes is 1. The second-order valence-electron chi connectivity index (χ2n) is 4.64. The minimum atomic E-state index is -0.0763. The second kappa shape index (κ2) is 6.25. The van der Waals surface area contributed by atoms with Crippen molar-refractivity contribution in [1.29, 1.82) is 0 Å². The highest BCUT2D eigenvalue weighted by molar-refractivity contribution is 6.02. The smallest absolute Gasteiger partial charge is 0.265 e. The molecule has 1 aromatic carbocycles. The van der Waals surface area contributed by atoms with Crippen LogP contribution in [0.4, 0.5) is 5.69 Å². The maximum absolute atomic E-state index is 12.0. The maximum atomic E-state index is 12.0. The van der Waals surface area contributed by atoms with Crippen LogP contribution in [0.25, 0.3) is 0 Å². The predicted octanol–water partition coefficient (Wildman–Crippen LogP) is 2.42. The molecule has 0 saturated carbocycles. The van der Waals surface area contributed by atoms with Gasteiger partial charge in [-0.3, -0.25) is 9.59 Å². The Morgan fingerprint density at radius 1 is 1.50 bits per heavy atom. The van der Waals surface area contributed by atoms with E-state index in [4.69, 9.17) is 11.2 Å². The largest absolute Gasteiger partial charge is 0.482 e. The molecule has 0 radical (unpaired) electrons. The van der Waals surface area contributed by atoms with Gasteiger partial charge in [0.2, 0.25) is 0 Å². The third-order valence-corrected chi connectivity index (χ3v) is 3.17. The molecule has 104 valence electrons. The van der Waals surface area contributed by atoms with Crippen LogP contribution in [0.5, 0.6) is 5.75 Å². The van der Waals surface area contributed by atoms with Gasteiger partial charge in [-0.25, -0.2) is 0 Å². The molecule has 0 N–H and O–H groups in total. The molecule has 2 rings (SSSR count). The summed E-state index contributed by atoms with van der Waals surface area (Å²) in [6.07, 6.45) is 6.76. The lowest BCUT2D eigenvalue weighted by Crippen LogP contribution is -2.39. The number of carbonyl (C=O) groups excluding carboxylic acids is 2. The van der Waals surface area contributed by atoms with Crippen LogP contribution in [0.15, 0.2) is 18.2 Å². The van der Waals surface area contributed by atoms with Crippen LogP contribution in [0.1, 0.15) is 36.5 Å². The van der Waals surface area contributed by atoms with Crippen molar-refractivity contribution >= 4 is 17.4 Å². The zero-order chi connectivity index (χ0) is 14.5. The molecular weight excluding hydrogens is 254 g/mol. The molecule has 0 saturated heterocycles. The Kier molecular flexibility index (Phi) is 4.41. The van der Waals surface area contributed by atoms with Crippen molar-refractivity contribution in [3.8, 4) is 18.1 Å². The molecule has 20 heavy (non-hydrogen) atoms. The number of anilines is 1. The Balaban J connectivity index is 2.30. The van der Waals surface area contributed by atoms with E-state index in [-0.39, 0.29) is 18.3 Å². The number of carbonyl (C=O) groups is 2. The highest BCUT2D eigenvalue weighted by Crippen LogP contribution is 2.33. The zero-order valence-electron chi connectivity index (χ0n) is 11.5. The van der Waals surface area contributed by atoms with Crippen molar-refractivity contribution in [2.24, 2.45) is 0 Å².